The second-order valence-corrected chi connectivity index (χ2v) is 7.06. The summed E-state index contributed by atoms with van der Waals surface area (Å²) < 4.78 is 6.18. The molecule has 0 spiro atoms. The number of hydrogen-bond acceptors (Lipinski definition) is 7. The number of anilines is 1. The van der Waals surface area contributed by atoms with Crippen molar-refractivity contribution in [2.24, 2.45) is 0 Å². The third-order valence-corrected chi connectivity index (χ3v) is 5.33. The molecular formula is C14H20N6S2. The molecule has 0 radical (unpaired) electrons. The Kier molecular flexibility index (Phi) is 5.47. The maximum absolute atomic E-state index is 4.54. The Morgan fingerprint density at radius 1 is 1.45 bits per heavy atom. The van der Waals surface area contributed by atoms with E-state index in [1.165, 1.54) is 28.6 Å². The number of aromatic nitrogens is 4. The number of thioether (sulfide) groups is 1. The van der Waals surface area contributed by atoms with Crippen LogP contribution >= 0.6 is 23.3 Å². The predicted molar refractivity (Wildman–Crippen MR) is 92.9 cm³/mol. The molecule has 22 heavy (non-hydrogen) atoms. The van der Waals surface area contributed by atoms with Gasteiger partial charge in [0.05, 0.1) is 0 Å². The average Bonchev–Trinajstić information content (AvgIpc) is 3.26. The molecule has 1 aliphatic heterocycles. The molecule has 0 fully saturated rings. The van der Waals surface area contributed by atoms with Crippen LogP contribution in [0.25, 0.3) is 5.95 Å². The minimum Gasteiger partial charge on any atom is -0.350 e. The second-order valence-electron chi connectivity index (χ2n) is 5.11. The van der Waals surface area contributed by atoms with E-state index >= 15 is 0 Å². The molecule has 0 aliphatic carbocycles. The molecule has 2 aromatic heterocycles. The number of rotatable bonds is 8. The van der Waals surface area contributed by atoms with Crippen LogP contribution in [0.4, 0.5) is 5.13 Å². The van der Waals surface area contributed by atoms with Crippen LogP contribution in [0.5, 0.6) is 0 Å². The molecule has 6 nitrogen and oxygen atoms in total. The molecule has 0 unspecified atom stereocenters. The van der Waals surface area contributed by atoms with Gasteiger partial charge >= 0.3 is 0 Å². The van der Waals surface area contributed by atoms with E-state index in [-0.39, 0.29) is 0 Å². The highest BCUT2D eigenvalue weighted by Gasteiger charge is 2.09. The van der Waals surface area contributed by atoms with Crippen LogP contribution in [0, 0.1) is 0 Å². The van der Waals surface area contributed by atoms with Crippen LogP contribution in [0.1, 0.15) is 12.8 Å². The summed E-state index contributed by atoms with van der Waals surface area (Å²) in [5.74, 6) is 1.93. The molecule has 3 rings (SSSR count). The topological polar surface area (TPSA) is 58.9 Å². The van der Waals surface area contributed by atoms with Crippen LogP contribution in [-0.2, 0) is 0 Å². The zero-order chi connectivity index (χ0) is 15.2. The van der Waals surface area contributed by atoms with Gasteiger partial charge in [0.1, 0.15) is 6.33 Å². The maximum Gasteiger partial charge on any atom is 0.248 e. The Morgan fingerprint density at radius 2 is 2.41 bits per heavy atom. The van der Waals surface area contributed by atoms with Gasteiger partial charge in [0.2, 0.25) is 11.1 Å². The Morgan fingerprint density at radius 3 is 3.18 bits per heavy atom. The van der Waals surface area contributed by atoms with Crippen molar-refractivity contribution in [3.8, 4) is 5.95 Å². The molecule has 0 saturated heterocycles. The van der Waals surface area contributed by atoms with E-state index in [2.05, 4.69) is 37.7 Å². The smallest absolute Gasteiger partial charge is 0.248 e. The van der Waals surface area contributed by atoms with Gasteiger partial charge in [-0.25, -0.2) is 4.98 Å². The van der Waals surface area contributed by atoms with E-state index in [0.29, 0.717) is 5.95 Å². The minimum absolute atomic E-state index is 0.688. The highest BCUT2D eigenvalue weighted by atomic mass is 32.2. The first-order valence-corrected chi connectivity index (χ1v) is 9.14. The highest BCUT2D eigenvalue weighted by Crippen LogP contribution is 2.23. The third kappa shape index (κ3) is 4.08. The van der Waals surface area contributed by atoms with E-state index < -0.39 is 0 Å². The number of allylic oxidation sites excluding steroid dienone is 1. The molecule has 118 valence electrons. The molecule has 2 aromatic rings. The van der Waals surface area contributed by atoms with Crippen molar-refractivity contribution in [1.82, 2.24) is 24.2 Å². The van der Waals surface area contributed by atoms with Crippen LogP contribution in [0.3, 0.4) is 0 Å². The Labute approximate surface area is 138 Å². The molecule has 3 heterocycles. The number of nitrogens with one attached hydrogen (secondary N) is 1. The predicted octanol–water partition coefficient (Wildman–Crippen LogP) is 2.16. The summed E-state index contributed by atoms with van der Waals surface area (Å²) in [6.07, 6.45) is 9.95. The van der Waals surface area contributed by atoms with Crippen LogP contribution in [-0.4, -0.2) is 51.3 Å². The fraction of sp³-hybridized carbons (Fsp3) is 0.500. The first kappa shape index (κ1) is 15.5. The van der Waals surface area contributed by atoms with Gasteiger partial charge in [-0.3, -0.25) is 4.57 Å². The first-order chi connectivity index (χ1) is 10.8. The summed E-state index contributed by atoms with van der Waals surface area (Å²) in [4.78, 5) is 12.2. The maximum atomic E-state index is 4.54. The molecule has 0 saturated carbocycles. The SMILES string of the molecule is CN(CCCNCC1=CCCS1)c1nc(-n2ccnc2)ns1. The average molecular weight is 336 g/mol. The summed E-state index contributed by atoms with van der Waals surface area (Å²) >= 11 is 3.39. The van der Waals surface area contributed by atoms with Gasteiger partial charge in [0.15, 0.2) is 0 Å². The lowest BCUT2D eigenvalue weighted by Crippen LogP contribution is -2.24. The second kappa shape index (κ2) is 7.75. The van der Waals surface area contributed by atoms with Crippen molar-refractivity contribution >= 4 is 28.4 Å². The van der Waals surface area contributed by atoms with Crippen molar-refractivity contribution < 1.29 is 0 Å². The van der Waals surface area contributed by atoms with Crippen LogP contribution in [0.15, 0.2) is 29.7 Å². The standard InChI is InChI=1S/C14H20N6S2/c1-19(7-3-5-15-10-12-4-2-9-21-12)14-17-13(18-22-14)20-8-6-16-11-20/h4,6,8,11,15H,2-3,5,7,9-10H2,1H3. The summed E-state index contributed by atoms with van der Waals surface area (Å²) in [5.41, 5.74) is 0. The van der Waals surface area contributed by atoms with Gasteiger partial charge in [0.25, 0.3) is 0 Å². The highest BCUT2D eigenvalue weighted by molar-refractivity contribution is 8.03. The van der Waals surface area contributed by atoms with Crippen LogP contribution < -0.4 is 10.2 Å². The zero-order valence-electron chi connectivity index (χ0n) is 12.6. The van der Waals surface area contributed by atoms with Crippen molar-refractivity contribution in [3.05, 3.63) is 29.7 Å². The Bertz CT molecular complexity index is 607. The van der Waals surface area contributed by atoms with Crippen molar-refractivity contribution in [2.75, 3.05) is 37.3 Å². The van der Waals surface area contributed by atoms with Crippen molar-refractivity contribution in [2.45, 2.75) is 12.8 Å². The van der Waals surface area contributed by atoms with Gasteiger partial charge in [-0.2, -0.15) is 9.36 Å². The number of nitrogens with zero attached hydrogens (tertiary/aromatic N) is 5. The lowest BCUT2D eigenvalue weighted by Gasteiger charge is -2.15. The molecule has 1 aliphatic rings. The van der Waals surface area contributed by atoms with Crippen molar-refractivity contribution in [1.29, 1.82) is 0 Å². The lowest BCUT2D eigenvalue weighted by atomic mass is 10.3. The molecule has 0 atom stereocenters. The third-order valence-electron chi connectivity index (χ3n) is 3.39. The quantitative estimate of drug-likeness (QED) is 0.746. The van der Waals surface area contributed by atoms with Crippen molar-refractivity contribution in [3.63, 3.8) is 0 Å². The van der Waals surface area contributed by atoms with Gasteiger partial charge in [-0.1, -0.05) is 6.08 Å². The molecule has 0 aromatic carbocycles. The molecule has 1 N–H and O–H groups in total. The molecular weight excluding hydrogens is 316 g/mol. The monoisotopic (exact) mass is 336 g/mol. The first-order valence-electron chi connectivity index (χ1n) is 7.38. The molecule has 8 heteroatoms. The molecule has 0 bridgehead atoms. The Balaban J connectivity index is 1.39. The van der Waals surface area contributed by atoms with E-state index in [1.807, 2.05) is 22.5 Å². The van der Waals surface area contributed by atoms with Gasteiger partial charge < -0.3 is 10.2 Å². The zero-order valence-corrected chi connectivity index (χ0v) is 14.2. The van der Waals surface area contributed by atoms with E-state index in [9.17, 15) is 0 Å². The Hall–Kier alpha value is -1.38. The van der Waals surface area contributed by atoms with Gasteiger partial charge in [0, 0.05) is 49.8 Å². The number of imidazole rings is 1. The van der Waals surface area contributed by atoms with Crippen LogP contribution in [0.2, 0.25) is 0 Å². The number of hydrogen-bond donors (Lipinski definition) is 1. The normalized spacial score (nSPS) is 14.3. The van der Waals surface area contributed by atoms with Gasteiger partial charge in [-0.15, -0.1) is 11.8 Å². The van der Waals surface area contributed by atoms with E-state index in [4.69, 9.17) is 0 Å². The van der Waals surface area contributed by atoms with Gasteiger partial charge in [-0.05, 0) is 24.3 Å². The summed E-state index contributed by atoms with van der Waals surface area (Å²) in [7, 11) is 2.06. The largest absolute Gasteiger partial charge is 0.350 e. The summed E-state index contributed by atoms with van der Waals surface area (Å²) in [5, 5.41) is 4.44. The fourth-order valence-corrected chi connectivity index (χ4v) is 3.78. The summed E-state index contributed by atoms with van der Waals surface area (Å²) in [6, 6.07) is 0. The minimum atomic E-state index is 0.688. The molecule has 0 amide bonds. The lowest BCUT2D eigenvalue weighted by molar-refractivity contribution is 0.682. The van der Waals surface area contributed by atoms with E-state index in [0.717, 1.165) is 31.2 Å². The fourth-order valence-electron chi connectivity index (χ4n) is 2.19. The summed E-state index contributed by atoms with van der Waals surface area (Å²) in [6.45, 7) is 3.01. The van der Waals surface area contributed by atoms with E-state index in [1.54, 1.807) is 12.5 Å².